The second-order valence-corrected chi connectivity index (χ2v) is 3.64. The number of hydrogen-bond acceptors (Lipinski definition) is 1. The average molecular weight is 231 g/mol. The zero-order chi connectivity index (χ0) is 12.3. The first-order chi connectivity index (χ1) is 8.16. The molecule has 17 heavy (non-hydrogen) atoms. The van der Waals surface area contributed by atoms with E-state index >= 15 is 0 Å². The summed E-state index contributed by atoms with van der Waals surface area (Å²) in [5.41, 5.74) is 6.99. The van der Waals surface area contributed by atoms with Crippen LogP contribution in [0.25, 0.3) is 12.2 Å². The molecule has 0 aromatic heterocycles. The second kappa shape index (κ2) is 4.78. The fraction of sp³-hybridized carbons (Fsp3) is 0. The van der Waals surface area contributed by atoms with Crippen LogP contribution in [0.15, 0.2) is 42.5 Å². The third-order valence-corrected chi connectivity index (χ3v) is 2.38. The summed E-state index contributed by atoms with van der Waals surface area (Å²) in [5, 5.41) is 0. The molecule has 0 unspecified atom stereocenters. The van der Waals surface area contributed by atoms with Crippen LogP contribution in [0, 0.1) is 11.6 Å². The van der Waals surface area contributed by atoms with Gasteiger partial charge in [-0.25, -0.2) is 8.78 Å². The van der Waals surface area contributed by atoms with Gasteiger partial charge in [-0.15, -0.1) is 0 Å². The Kier molecular flexibility index (Phi) is 3.19. The van der Waals surface area contributed by atoms with Crippen molar-refractivity contribution in [3.05, 3.63) is 65.2 Å². The van der Waals surface area contributed by atoms with Crippen molar-refractivity contribution >= 4 is 17.8 Å². The van der Waals surface area contributed by atoms with Crippen molar-refractivity contribution in [1.29, 1.82) is 0 Å². The Morgan fingerprint density at radius 2 is 1.41 bits per heavy atom. The third kappa shape index (κ3) is 2.69. The molecule has 1 nitrogen and oxygen atoms in total. The van der Waals surface area contributed by atoms with E-state index in [1.807, 2.05) is 0 Å². The maximum Gasteiger partial charge on any atom is 0.133 e. The largest absolute Gasteiger partial charge is 0.399 e. The predicted octanol–water partition coefficient (Wildman–Crippen LogP) is 3.72. The smallest absolute Gasteiger partial charge is 0.133 e. The van der Waals surface area contributed by atoms with Crippen LogP contribution in [0.5, 0.6) is 0 Å². The molecule has 2 aromatic rings. The standard InChI is InChI=1S/C14H11F2N/c15-13-2-1-3-14(16)12(13)9-6-10-4-7-11(17)8-5-10/h1-9H,17H2/b9-6+. The summed E-state index contributed by atoms with van der Waals surface area (Å²) >= 11 is 0. The van der Waals surface area contributed by atoms with Crippen LogP contribution < -0.4 is 5.73 Å². The van der Waals surface area contributed by atoms with Gasteiger partial charge in [-0.2, -0.15) is 0 Å². The lowest BCUT2D eigenvalue weighted by atomic mass is 10.1. The molecular weight excluding hydrogens is 220 g/mol. The van der Waals surface area contributed by atoms with E-state index in [9.17, 15) is 8.78 Å². The molecule has 2 rings (SSSR count). The molecule has 3 heteroatoms. The molecule has 0 aliphatic heterocycles. The molecule has 0 bridgehead atoms. The van der Waals surface area contributed by atoms with E-state index in [1.54, 1.807) is 30.3 Å². The van der Waals surface area contributed by atoms with Crippen LogP contribution >= 0.6 is 0 Å². The summed E-state index contributed by atoms with van der Waals surface area (Å²) in [6.07, 6.45) is 3.05. The Morgan fingerprint density at radius 3 is 2.00 bits per heavy atom. The normalized spacial score (nSPS) is 10.9. The third-order valence-electron chi connectivity index (χ3n) is 2.38. The minimum absolute atomic E-state index is 0.0377. The molecule has 0 spiro atoms. The summed E-state index contributed by atoms with van der Waals surface area (Å²) in [4.78, 5) is 0. The molecule has 0 aliphatic rings. The van der Waals surface area contributed by atoms with Crippen molar-refractivity contribution in [3.63, 3.8) is 0 Å². The highest BCUT2D eigenvalue weighted by molar-refractivity contribution is 5.70. The lowest BCUT2D eigenvalue weighted by Crippen LogP contribution is -1.87. The molecule has 0 atom stereocenters. The molecule has 2 aromatic carbocycles. The van der Waals surface area contributed by atoms with Crippen molar-refractivity contribution in [2.45, 2.75) is 0 Å². The maximum atomic E-state index is 13.3. The molecular formula is C14H11F2N. The van der Waals surface area contributed by atoms with Gasteiger partial charge in [0.05, 0.1) is 0 Å². The fourth-order valence-electron chi connectivity index (χ4n) is 1.46. The van der Waals surface area contributed by atoms with Crippen molar-refractivity contribution in [1.82, 2.24) is 0 Å². The van der Waals surface area contributed by atoms with Crippen molar-refractivity contribution in [2.24, 2.45) is 0 Å². The van der Waals surface area contributed by atoms with Crippen LogP contribution in [0.4, 0.5) is 14.5 Å². The number of nitrogen functional groups attached to an aromatic ring is 1. The molecule has 0 fully saturated rings. The summed E-state index contributed by atoms with van der Waals surface area (Å²) in [6.45, 7) is 0. The van der Waals surface area contributed by atoms with Crippen LogP contribution in [0.1, 0.15) is 11.1 Å². The maximum absolute atomic E-state index is 13.3. The van der Waals surface area contributed by atoms with Crippen molar-refractivity contribution in [3.8, 4) is 0 Å². The molecule has 0 saturated carbocycles. The van der Waals surface area contributed by atoms with Gasteiger partial charge in [0.2, 0.25) is 0 Å². The summed E-state index contributed by atoms with van der Waals surface area (Å²) < 4.78 is 26.6. The van der Waals surface area contributed by atoms with Gasteiger partial charge in [0.25, 0.3) is 0 Å². The number of rotatable bonds is 2. The first kappa shape index (κ1) is 11.3. The van der Waals surface area contributed by atoms with Crippen molar-refractivity contribution < 1.29 is 8.78 Å². The zero-order valence-corrected chi connectivity index (χ0v) is 9.03. The lowest BCUT2D eigenvalue weighted by molar-refractivity contribution is 0.579. The Morgan fingerprint density at radius 1 is 0.824 bits per heavy atom. The van der Waals surface area contributed by atoms with E-state index in [-0.39, 0.29) is 5.56 Å². The summed E-state index contributed by atoms with van der Waals surface area (Å²) in [5.74, 6) is -1.15. The summed E-state index contributed by atoms with van der Waals surface area (Å²) in [6, 6.07) is 10.8. The second-order valence-electron chi connectivity index (χ2n) is 3.64. The van der Waals surface area contributed by atoms with E-state index < -0.39 is 11.6 Å². The van der Waals surface area contributed by atoms with Gasteiger partial charge in [0.1, 0.15) is 11.6 Å². The Hall–Kier alpha value is -2.16. The first-order valence-electron chi connectivity index (χ1n) is 5.14. The Bertz CT molecular complexity index is 524. The molecule has 0 saturated heterocycles. The van der Waals surface area contributed by atoms with Crippen LogP contribution in [-0.4, -0.2) is 0 Å². The molecule has 0 heterocycles. The number of benzene rings is 2. The van der Waals surface area contributed by atoms with Gasteiger partial charge >= 0.3 is 0 Å². The van der Waals surface area contributed by atoms with Crippen molar-refractivity contribution in [2.75, 3.05) is 5.73 Å². The highest BCUT2D eigenvalue weighted by atomic mass is 19.1. The van der Waals surface area contributed by atoms with Crippen LogP contribution in [0.2, 0.25) is 0 Å². The van der Waals surface area contributed by atoms with Gasteiger partial charge in [0, 0.05) is 11.3 Å². The summed E-state index contributed by atoms with van der Waals surface area (Å²) in [7, 11) is 0. The lowest BCUT2D eigenvalue weighted by Gasteiger charge is -1.99. The predicted molar refractivity (Wildman–Crippen MR) is 66.1 cm³/mol. The minimum atomic E-state index is -0.573. The van der Waals surface area contributed by atoms with Gasteiger partial charge < -0.3 is 5.73 Å². The SMILES string of the molecule is Nc1ccc(/C=C/c2c(F)cccc2F)cc1. The topological polar surface area (TPSA) is 26.0 Å². The quantitative estimate of drug-likeness (QED) is 0.618. The zero-order valence-electron chi connectivity index (χ0n) is 9.03. The van der Waals surface area contributed by atoms with E-state index in [0.717, 1.165) is 5.56 Å². The Labute approximate surface area is 98.2 Å². The van der Waals surface area contributed by atoms with Crippen LogP contribution in [-0.2, 0) is 0 Å². The number of nitrogens with two attached hydrogens (primary N) is 1. The Balaban J connectivity index is 2.29. The average Bonchev–Trinajstić information content (AvgIpc) is 2.31. The number of halogens is 2. The monoisotopic (exact) mass is 231 g/mol. The van der Waals surface area contributed by atoms with E-state index in [0.29, 0.717) is 5.69 Å². The number of hydrogen-bond donors (Lipinski definition) is 1. The van der Waals surface area contributed by atoms with Gasteiger partial charge in [0.15, 0.2) is 0 Å². The molecule has 0 radical (unpaired) electrons. The van der Waals surface area contributed by atoms with Gasteiger partial charge in [-0.05, 0) is 35.9 Å². The first-order valence-corrected chi connectivity index (χ1v) is 5.14. The molecule has 86 valence electrons. The van der Waals surface area contributed by atoms with Gasteiger partial charge in [-0.3, -0.25) is 0 Å². The van der Waals surface area contributed by atoms with E-state index in [2.05, 4.69) is 0 Å². The van der Waals surface area contributed by atoms with E-state index in [4.69, 9.17) is 5.73 Å². The minimum Gasteiger partial charge on any atom is -0.399 e. The highest BCUT2D eigenvalue weighted by Gasteiger charge is 2.03. The van der Waals surface area contributed by atoms with Gasteiger partial charge in [-0.1, -0.05) is 24.3 Å². The van der Waals surface area contributed by atoms with E-state index in [1.165, 1.54) is 24.3 Å². The molecule has 2 N–H and O–H groups in total. The highest BCUT2D eigenvalue weighted by Crippen LogP contribution is 2.16. The number of anilines is 1. The molecule has 0 amide bonds. The fourth-order valence-corrected chi connectivity index (χ4v) is 1.46. The van der Waals surface area contributed by atoms with Crippen LogP contribution in [0.3, 0.4) is 0 Å². The molecule has 0 aliphatic carbocycles.